The van der Waals surface area contributed by atoms with Crippen LogP contribution in [-0.2, 0) is 11.3 Å². The van der Waals surface area contributed by atoms with Gasteiger partial charge in [-0.05, 0) is 18.1 Å². The van der Waals surface area contributed by atoms with Crippen LogP contribution in [0.3, 0.4) is 0 Å². The maximum absolute atomic E-state index is 5.70. The molecule has 0 radical (unpaired) electrons. The van der Waals surface area contributed by atoms with Gasteiger partial charge in [-0.1, -0.05) is 24.6 Å². The molecular weight excluding hydrogens is 212 g/mol. The molecule has 0 saturated carbocycles. The quantitative estimate of drug-likeness (QED) is 0.759. The summed E-state index contributed by atoms with van der Waals surface area (Å²) in [6.07, 6.45) is 2.84. The molecule has 1 atom stereocenters. The van der Waals surface area contributed by atoms with Crippen molar-refractivity contribution in [2.45, 2.75) is 25.9 Å². The van der Waals surface area contributed by atoms with Crippen molar-refractivity contribution in [3.8, 4) is 0 Å². The van der Waals surface area contributed by atoms with Gasteiger partial charge in [0.25, 0.3) is 0 Å². The normalized spacial score (nSPS) is 12.7. The number of halogens is 1. The molecule has 1 unspecified atom stereocenters. The monoisotopic (exact) mass is 228 g/mol. The Hall–Kier alpha value is -0.640. The fourth-order valence-corrected chi connectivity index (χ4v) is 1.41. The van der Waals surface area contributed by atoms with E-state index in [9.17, 15) is 0 Å². The van der Waals surface area contributed by atoms with E-state index < -0.39 is 0 Å². The van der Waals surface area contributed by atoms with E-state index in [1.165, 1.54) is 0 Å². The summed E-state index contributed by atoms with van der Waals surface area (Å²) in [6, 6.07) is 4.17. The number of methoxy groups -OCH3 is 1. The number of rotatable bonds is 6. The summed E-state index contributed by atoms with van der Waals surface area (Å²) in [5.74, 6) is 0. The van der Waals surface area contributed by atoms with Crippen LogP contribution in [0.1, 0.15) is 18.9 Å². The molecule has 0 spiro atoms. The summed E-state index contributed by atoms with van der Waals surface area (Å²) in [5, 5.41) is 3.93. The van der Waals surface area contributed by atoms with Crippen LogP contribution < -0.4 is 5.32 Å². The molecule has 1 heterocycles. The SMILES string of the molecule is CCC(COC)NCc1ccc(Cl)nc1. The second kappa shape index (κ2) is 6.77. The zero-order valence-corrected chi connectivity index (χ0v) is 9.92. The maximum atomic E-state index is 5.70. The van der Waals surface area contributed by atoms with Crippen molar-refractivity contribution >= 4 is 11.6 Å². The number of nitrogens with zero attached hydrogens (tertiary/aromatic N) is 1. The molecule has 0 aliphatic carbocycles. The summed E-state index contributed by atoms with van der Waals surface area (Å²) in [4.78, 5) is 4.02. The third kappa shape index (κ3) is 4.60. The molecule has 84 valence electrons. The maximum Gasteiger partial charge on any atom is 0.129 e. The Balaban J connectivity index is 2.38. The van der Waals surface area contributed by atoms with E-state index in [-0.39, 0.29) is 0 Å². The van der Waals surface area contributed by atoms with Crippen molar-refractivity contribution in [2.24, 2.45) is 0 Å². The van der Waals surface area contributed by atoms with Crippen LogP contribution in [0.25, 0.3) is 0 Å². The topological polar surface area (TPSA) is 34.1 Å². The predicted octanol–water partition coefficient (Wildman–Crippen LogP) is 2.25. The molecule has 0 aromatic carbocycles. The van der Waals surface area contributed by atoms with E-state index in [4.69, 9.17) is 16.3 Å². The van der Waals surface area contributed by atoms with Crippen LogP contribution in [-0.4, -0.2) is 24.7 Å². The molecule has 0 fully saturated rings. The van der Waals surface area contributed by atoms with E-state index in [2.05, 4.69) is 17.2 Å². The van der Waals surface area contributed by atoms with E-state index in [0.717, 1.165) is 25.1 Å². The van der Waals surface area contributed by atoms with Crippen molar-refractivity contribution in [3.05, 3.63) is 29.0 Å². The zero-order chi connectivity index (χ0) is 11.1. The molecule has 4 heteroatoms. The molecular formula is C11H17ClN2O. The van der Waals surface area contributed by atoms with Crippen molar-refractivity contribution in [2.75, 3.05) is 13.7 Å². The van der Waals surface area contributed by atoms with Gasteiger partial charge >= 0.3 is 0 Å². The van der Waals surface area contributed by atoms with E-state index in [0.29, 0.717) is 11.2 Å². The van der Waals surface area contributed by atoms with Crippen LogP contribution in [0.4, 0.5) is 0 Å². The summed E-state index contributed by atoms with van der Waals surface area (Å²) < 4.78 is 5.10. The summed E-state index contributed by atoms with van der Waals surface area (Å²) in [5.41, 5.74) is 1.13. The third-order valence-corrected chi connectivity index (χ3v) is 2.47. The molecule has 1 N–H and O–H groups in total. The zero-order valence-electron chi connectivity index (χ0n) is 9.16. The highest BCUT2D eigenvalue weighted by molar-refractivity contribution is 6.29. The highest BCUT2D eigenvalue weighted by Gasteiger charge is 2.04. The summed E-state index contributed by atoms with van der Waals surface area (Å²) >= 11 is 5.70. The molecule has 0 saturated heterocycles. The Morgan fingerprint density at radius 2 is 2.33 bits per heavy atom. The Morgan fingerprint density at radius 1 is 1.53 bits per heavy atom. The molecule has 0 aliphatic heterocycles. The minimum absolute atomic E-state index is 0.394. The lowest BCUT2D eigenvalue weighted by atomic mass is 10.2. The average molecular weight is 229 g/mol. The minimum atomic E-state index is 0.394. The second-order valence-corrected chi connectivity index (χ2v) is 3.82. The van der Waals surface area contributed by atoms with Gasteiger partial charge in [0.05, 0.1) is 6.61 Å². The Labute approximate surface area is 95.8 Å². The number of nitrogens with one attached hydrogen (secondary N) is 1. The first-order valence-electron chi connectivity index (χ1n) is 5.09. The molecule has 3 nitrogen and oxygen atoms in total. The van der Waals surface area contributed by atoms with Crippen molar-refractivity contribution in [1.82, 2.24) is 10.3 Å². The summed E-state index contributed by atoms with van der Waals surface area (Å²) in [6.45, 7) is 3.67. The van der Waals surface area contributed by atoms with Gasteiger partial charge in [0.2, 0.25) is 0 Å². The van der Waals surface area contributed by atoms with Gasteiger partial charge in [0.15, 0.2) is 0 Å². The lowest BCUT2D eigenvalue weighted by Gasteiger charge is -2.15. The van der Waals surface area contributed by atoms with Crippen LogP contribution >= 0.6 is 11.6 Å². The van der Waals surface area contributed by atoms with Gasteiger partial charge in [-0.3, -0.25) is 0 Å². The molecule has 1 rings (SSSR count). The first kappa shape index (κ1) is 12.4. The second-order valence-electron chi connectivity index (χ2n) is 3.43. The number of hydrogen-bond donors (Lipinski definition) is 1. The first-order valence-corrected chi connectivity index (χ1v) is 5.46. The van der Waals surface area contributed by atoms with Crippen molar-refractivity contribution in [1.29, 1.82) is 0 Å². The van der Waals surface area contributed by atoms with Gasteiger partial charge in [-0.2, -0.15) is 0 Å². The standard InChI is InChI=1S/C11H17ClN2O/c1-3-10(8-15-2)13-6-9-4-5-11(12)14-7-9/h4-5,7,10,13H,3,6,8H2,1-2H3. The third-order valence-electron chi connectivity index (χ3n) is 2.24. The largest absolute Gasteiger partial charge is 0.383 e. The number of hydrogen-bond acceptors (Lipinski definition) is 3. The number of ether oxygens (including phenoxy) is 1. The van der Waals surface area contributed by atoms with Gasteiger partial charge in [0.1, 0.15) is 5.15 Å². The molecule has 0 aliphatic rings. The van der Waals surface area contributed by atoms with Crippen LogP contribution in [0.15, 0.2) is 18.3 Å². The minimum Gasteiger partial charge on any atom is -0.383 e. The average Bonchev–Trinajstić information content (AvgIpc) is 2.26. The molecule has 0 bridgehead atoms. The van der Waals surface area contributed by atoms with E-state index >= 15 is 0 Å². The Morgan fingerprint density at radius 3 is 2.87 bits per heavy atom. The fourth-order valence-electron chi connectivity index (χ4n) is 1.30. The molecule has 15 heavy (non-hydrogen) atoms. The van der Waals surface area contributed by atoms with Crippen LogP contribution in [0.5, 0.6) is 0 Å². The van der Waals surface area contributed by atoms with Gasteiger partial charge < -0.3 is 10.1 Å². The number of pyridine rings is 1. The Kier molecular flexibility index (Phi) is 5.61. The highest BCUT2D eigenvalue weighted by atomic mass is 35.5. The van der Waals surface area contributed by atoms with Gasteiger partial charge in [-0.25, -0.2) is 4.98 Å². The fraction of sp³-hybridized carbons (Fsp3) is 0.545. The predicted molar refractivity (Wildman–Crippen MR) is 62.0 cm³/mol. The Bertz CT molecular complexity index is 276. The molecule has 1 aromatic rings. The molecule has 0 amide bonds. The number of aromatic nitrogens is 1. The van der Waals surface area contributed by atoms with Crippen LogP contribution in [0, 0.1) is 0 Å². The van der Waals surface area contributed by atoms with Crippen LogP contribution in [0.2, 0.25) is 5.15 Å². The van der Waals surface area contributed by atoms with Crippen molar-refractivity contribution < 1.29 is 4.74 Å². The highest BCUT2D eigenvalue weighted by Crippen LogP contribution is 2.05. The lowest BCUT2D eigenvalue weighted by Crippen LogP contribution is -2.32. The first-order chi connectivity index (χ1) is 7.26. The molecule has 1 aromatic heterocycles. The van der Waals surface area contributed by atoms with Gasteiger partial charge in [-0.15, -0.1) is 0 Å². The van der Waals surface area contributed by atoms with Gasteiger partial charge in [0, 0.05) is 25.9 Å². The lowest BCUT2D eigenvalue weighted by molar-refractivity contribution is 0.164. The van der Waals surface area contributed by atoms with E-state index in [1.54, 1.807) is 19.4 Å². The van der Waals surface area contributed by atoms with Crippen molar-refractivity contribution in [3.63, 3.8) is 0 Å². The summed E-state index contributed by atoms with van der Waals surface area (Å²) in [7, 11) is 1.72. The smallest absolute Gasteiger partial charge is 0.129 e. The van der Waals surface area contributed by atoms with E-state index in [1.807, 2.05) is 6.07 Å².